The number of aryl methyl sites for hydroxylation is 1. The molecule has 0 atom stereocenters. The van der Waals surface area contributed by atoms with Crippen molar-refractivity contribution in [1.82, 2.24) is 0 Å². The summed E-state index contributed by atoms with van der Waals surface area (Å²) in [5, 5.41) is 2.77. The Morgan fingerprint density at radius 3 is 2.42 bits per heavy atom. The van der Waals surface area contributed by atoms with Gasteiger partial charge in [0.25, 0.3) is 0 Å². The molecule has 98 valence electrons. The molecule has 0 heterocycles. The molecule has 2 aromatic carbocycles. The third kappa shape index (κ3) is 4.56. The minimum Gasteiger partial charge on any atom is -0.367 e. The molecule has 0 radical (unpaired) electrons. The highest BCUT2D eigenvalue weighted by Gasteiger charge is 2.02. The fourth-order valence-electron chi connectivity index (χ4n) is 1.66. The fourth-order valence-corrected chi connectivity index (χ4v) is 1.66. The average Bonchev–Trinajstić information content (AvgIpc) is 2.42. The summed E-state index contributed by atoms with van der Waals surface area (Å²) in [4.78, 5) is 11.6. The normalized spacial score (nSPS) is 10.2. The zero-order chi connectivity index (χ0) is 13.5. The van der Waals surface area contributed by atoms with E-state index in [1.165, 1.54) is 5.56 Å². The molecule has 2 aromatic rings. The Labute approximate surface area is 113 Å². The predicted octanol–water partition coefficient (Wildman–Crippen LogP) is 3.15. The van der Waals surface area contributed by atoms with Gasteiger partial charge in [-0.2, -0.15) is 0 Å². The summed E-state index contributed by atoms with van der Waals surface area (Å²) in [5.74, 6) is -0.140. The van der Waals surface area contributed by atoms with E-state index in [0.717, 1.165) is 11.3 Å². The number of anilines is 1. The van der Waals surface area contributed by atoms with Gasteiger partial charge in [0.15, 0.2) is 0 Å². The molecule has 0 fully saturated rings. The van der Waals surface area contributed by atoms with Gasteiger partial charge in [-0.25, -0.2) is 0 Å². The van der Waals surface area contributed by atoms with E-state index < -0.39 is 0 Å². The Balaban J connectivity index is 1.74. The molecule has 0 unspecified atom stereocenters. The second-order valence-corrected chi connectivity index (χ2v) is 4.39. The first-order valence-corrected chi connectivity index (χ1v) is 6.22. The number of amides is 1. The quantitative estimate of drug-likeness (QED) is 0.891. The molecule has 2 rings (SSSR count). The molecule has 3 nitrogen and oxygen atoms in total. The molecule has 0 aromatic heterocycles. The Hall–Kier alpha value is -2.13. The van der Waals surface area contributed by atoms with Gasteiger partial charge in [0.1, 0.15) is 6.61 Å². The maximum atomic E-state index is 11.6. The maximum Gasteiger partial charge on any atom is 0.250 e. The molecule has 1 N–H and O–H groups in total. The number of carbonyl (C=O) groups is 1. The summed E-state index contributed by atoms with van der Waals surface area (Å²) in [6, 6.07) is 17.4. The van der Waals surface area contributed by atoms with Crippen molar-refractivity contribution in [3.63, 3.8) is 0 Å². The van der Waals surface area contributed by atoms with Crippen molar-refractivity contribution >= 4 is 11.6 Å². The zero-order valence-corrected chi connectivity index (χ0v) is 10.9. The van der Waals surface area contributed by atoms with Crippen LogP contribution in [0.15, 0.2) is 54.6 Å². The van der Waals surface area contributed by atoms with Crippen molar-refractivity contribution in [3.05, 3.63) is 65.7 Å². The SMILES string of the molecule is Cc1ccc(COCC(=O)Nc2ccccc2)cc1. The van der Waals surface area contributed by atoms with E-state index >= 15 is 0 Å². The van der Waals surface area contributed by atoms with E-state index in [4.69, 9.17) is 4.74 Å². The van der Waals surface area contributed by atoms with Crippen LogP contribution in [0.2, 0.25) is 0 Å². The van der Waals surface area contributed by atoms with Gasteiger partial charge < -0.3 is 10.1 Å². The van der Waals surface area contributed by atoms with Crippen molar-refractivity contribution in [2.24, 2.45) is 0 Å². The van der Waals surface area contributed by atoms with E-state index in [2.05, 4.69) is 5.32 Å². The lowest BCUT2D eigenvalue weighted by Gasteiger charge is -2.06. The van der Waals surface area contributed by atoms with Gasteiger partial charge in [0, 0.05) is 5.69 Å². The number of para-hydroxylation sites is 1. The van der Waals surface area contributed by atoms with E-state index in [1.54, 1.807) is 0 Å². The smallest absolute Gasteiger partial charge is 0.250 e. The summed E-state index contributed by atoms with van der Waals surface area (Å²) < 4.78 is 5.38. The molecule has 0 aliphatic rings. The van der Waals surface area contributed by atoms with Crippen molar-refractivity contribution in [2.45, 2.75) is 13.5 Å². The first-order valence-electron chi connectivity index (χ1n) is 6.22. The molecular weight excluding hydrogens is 238 g/mol. The first kappa shape index (κ1) is 13.3. The van der Waals surface area contributed by atoms with E-state index in [1.807, 2.05) is 61.5 Å². The largest absolute Gasteiger partial charge is 0.367 e. The van der Waals surface area contributed by atoms with Crippen molar-refractivity contribution in [2.75, 3.05) is 11.9 Å². The second-order valence-electron chi connectivity index (χ2n) is 4.39. The van der Waals surface area contributed by atoms with Gasteiger partial charge in [-0.15, -0.1) is 0 Å². The number of nitrogens with one attached hydrogen (secondary N) is 1. The first-order chi connectivity index (χ1) is 9.24. The number of rotatable bonds is 5. The fraction of sp³-hybridized carbons (Fsp3) is 0.188. The van der Waals surface area contributed by atoms with E-state index in [9.17, 15) is 4.79 Å². The molecule has 0 spiro atoms. The topological polar surface area (TPSA) is 38.3 Å². The van der Waals surface area contributed by atoms with Crippen LogP contribution < -0.4 is 5.32 Å². The van der Waals surface area contributed by atoms with Gasteiger partial charge in [0.2, 0.25) is 5.91 Å². The molecule has 0 bridgehead atoms. The van der Waals surface area contributed by atoms with Crippen LogP contribution in [0, 0.1) is 6.92 Å². The Kier molecular flexibility index (Phi) is 4.70. The third-order valence-electron chi connectivity index (χ3n) is 2.68. The monoisotopic (exact) mass is 255 g/mol. The van der Waals surface area contributed by atoms with Crippen LogP contribution in [0.5, 0.6) is 0 Å². The number of hydrogen-bond donors (Lipinski definition) is 1. The number of benzene rings is 2. The highest BCUT2D eigenvalue weighted by molar-refractivity contribution is 5.91. The molecule has 1 amide bonds. The summed E-state index contributed by atoms with van der Waals surface area (Å²) in [6.07, 6.45) is 0. The van der Waals surface area contributed by atoms with Crippen LogP contribution in [0.3, 0.4) is 0 Å². The van der Waals surface area contributed by atoms with Crippen LogP contribution in [-0.2, 0) is 16.1 Å². The minimum atomic E-state index is -0.140. The molecule has 3 heteroatoms. The summed E-state index contributed by atoms with van der Waals surface area (Å²) in [7, 11) is 0. The summed E-state index contributed by atoms with van der Waals surface area (Å²) in [5.41, 5.74) is 3.06. The lowest BCUT2D eigenvalue weighted by atomic mass is 10.2. The second kappa shape index (κ2) is 6.71. The number of carbonyl (C=O) groups excluding carboxylic acids is 1. The lowest BCUT2D eigenvalue weighted by Crippen LogP contribution is -2.18. The molecule has 0 saturated carbocycles. The molecule has 0 aliphatic carbocycles. The highest BCUT2D eigenvalue weighted by atomic mass is 16.5. The van der Waals surface area contributed by atoms with Crippen LogP contribution in [0.1, 0.15) is 11.1 Å². The minimum absolute atomic E-state index is 0.0583. The van der Waals surface area contributed by atoms with Gasteiger partial charge in [-0.3, -0.25) is 4.79 Å². The molecule has 0 aliphatic heterocycles. The summed E-state index contributed by atoms with van der Waals surface area (Å²) >= 11 is 0. The average molecular weight is 255 g/mol. The standard InChI is InChI=1S/C16H17NO2/c1-13-7-9-14(10-8-13)11-19-12-16(18)17-15-5-3-2-4-6-15/h2-10H,11-12H2,1H3,(H,17,18). The summed E-state index contributed by atoms with van der Waals surface area (Å²) in [6.45, 7) is 2.54. The molecule has 19 heavy (non-hydrogen) atoms. The predicted molar refractivity (Wildman–Crippen MR) is 75.9 cm³/mol. The van der Waals surface area contributed by atoms with Crippen molar-refractivity contribution in [3.8, 4) is 0 Å². The van der Waals surface area contributed by atoms with Gasteiger partial charge in [-0.1, -0.05) is 48.0 Å². The van der Waals surface area contributed by atoms with Crippen LogP contribution in [0.25, 0.3) is 0 Å². The van der Waals surface area contributed by atoms with E-state index in [0.29, 0.717) is 6.61 Å². The lowest BCUT2D eigenvalue weighted by molar-refractivity contribution is -0.121. The van der Waals surface area contributed by atoms with E-state index in [-0.39, 0.29) is 12.5 Å². The molecule has 0 saturated heterocycles. The zero-order valence-electron chi connectivity index (χ0n) is 10.9. The van der Waals surface area contributed by atoms with Gasteiger partial charge in [-0.05, 0) is 24.6 Å². The Morgan fingerprint density at radius 2 is 1.74 bits per heavy atom. The Morgan fingerprint density at radius 1 is 1.05 bits per heavy atom. The number of ether oxygens (including phenoxy) is 1. The number of hydrogen-bond acceptors (Lipinski definition) is 2. The van der Waals surface area contributed by atoms with Gasteiger partial charge in [0.05, 0.1) is 6.61 Å². The Bertz CT molecular complexity index is 520. The van der Waals surface area contributed by atoms with Crippen LogP contribution >= 0.6 is 0 Å². The van der Waals surface area contributed by atoms with Crippen molar-refractivity contribution < 1.29 is 9.53 Å². The third-order valence-corrected chi connectivity index (χ3v) is 2.68. The maximum absolute atomic E-state index is 11.6. The van der Waals surface area contributed by atoms with Crippen LogP contribution in [-0.4, -0.2) is 12.5 Å². The van der Waals surface area contributed by atoms with Gasteiger partial charge >= 0.3 is 0 Å². The van der Waals surface area contributed by atoms with Crippen molar-refractivity contribution in [1.29, 1.82) is 0 Å². The van der Waals surface area contributed by atoms with Crippen LogP contribution in [0.4, 0.5) is 5.69 Å². The molecular formula is C16H17NO2. The highest BCUT2D eigenvalue weighted by Crippen LogP contribution is 2.06.